The van der Waals surface area contributed by atoms with Gasteiger partial charge in [0.05, 0.1) is 12.7 Å². The van der Waals surface area contributed by atoms with Gasteiger partial charge in [-0.3, -0.25) is 38.6 Å². The van der Waals surface area contributed by atoms with E-state index in [1.54, 1.807) is 0 Å². The van der Waals surface area contributed by atoms with Crippen LogP contribution in [0.15, 0.2) is 17.5 Å². The van der Waals surface area contributed by atoms with Crippen molar-refractivity contribution in [1.29, 1.82) is 0 Å². The second-order valence-electron chi connectivity index (χ2n) is 11.3. The van der Waals surface area contributed by atoms with E-state index in [0.717, 1.165) is 0 Å². The summed E-state index contributed by atoms with van der Waals surface area (Å²) < 4.78 is 0. The fourth-order valence-electron chi connectivity index (χ4n) is 5.04. The van der Waals surface area contributed by atoms with E-state index in [9.17, 15) is 48.6 Å². The Bertz CT molecular complexity index is 1400. The van der Waals surface area contributed by atoms with E-state index in [1.807, 2.05) is 0 Å². The van der Waals surface area contributed by atoms with Crippen LogP contribution in [0, 0.1) is 0 Å². The predicted octanol–water partition coefficient (Wildman–Crippen LogP) is -4.22. The van der Waals surface area contributed by atoms with Crippen LogP contribution in [0.25, 0.3) is 0 Å². The number of hydrogen-bond donors (Lipinski definition) is 10. The lowest BCUT2D eigenvalue weighted by Crippen LogP contribution is -2.59. The van der Waals surface area contributed by atoms with Crippen molar-refractivity contribution in [2.45, 2.75) is 88.5 Å². The van der Waals surface area contributed by atoms with Crippen molar-refractivity contribution >= 4 is 53.3 Å². The summed E-state index contributed by atoms with van der Waals surface area (Å²) >= 11 is 0. The van der Waals surface area contributed by atoms with E-state index in [1.165, 1.54) is 24.3 Å². The van der Waals surface area contributed by atoms with Crippen molar-refractivity contribution in [2.24, 2.45) is 22.2 Å². The number of likely N-dealkylation sites (tertiary alicyclic amines) is 1. The molecule has 5 atom stereocenters. The molecule has 0 aliphatic carbocycles. The molecule has 0 aromatic carbocycles. The van der Waals surface area contributed by atoms with Crippen molar-refractivity contribution in [1.82, 2.24) is 36.1 Å². The van der Waals surface area contributed by atoms with Gasteiger partial charge in [0.25, 0.3) is 0 Å². The average molecular weight is 694 g/mol. The molecule has 21 nitrogen and oxygen atoms in total. The number of aliphatic carboxylic acids is 2. The summed E-state index contributed by atoms with van der Waals surface area (Å²) in [5.74, 6) is -8.00. The number of nitrogens with two attached hydrogens (primary N) is 3. The molecule has 270 valence electrons. The van der Waals surface area contributed by atoms with Crippen LogP contribution in [0.3, 0.4) is 0 Å². The third-order valence-electron chi connectivity index (χ3n) is 7.45. The Morgan fingerprint density at radius 1 is 0.939 bits per heavy atom. The van der Waals surface area contributed by atoms with Crippen molar-refractivity contribution in [3.63, 3.8) is 0 Å². The van der Waals surface area contributed by atoms with Gasteiger partial charge in [-0.15, -0.1) is 0 Å². The number of imidazole rings is 1. The zero-order valence-electron chi connectivity index (χ0n) is 26.8. The van der Waals surface area contributed by atoms with Crippen LogP contribution >= 0.6 is 0 Å². The van der Waals surface area contributed by atoms with Crippen LogP contribution in [-0.2, 0) is 44.8 Å². The van der Waals surface area contributed by atoms with E-state index >= 15 is 0 Å². The number of rotatable bonds is 20. The van der Waals surface area contributed by atoms with Gasteiger partial charge in [-0.25, -0.2) is 9.78 Å². The lowest BCUT2D eigenvalue weighted by Gasteiger charge is -2.27. The number of aliphatic imine (C=N–C) groups is 1. The van der Waals surface area contributed by atoms with Crippen molar-refractivity contribution in [3.05, 3.63) is 18.2 Å². The minimum Gasteiger partial charge on any atom is -0.481 e. The molecule has 1 aromatic rings. The molecule has 1 aliphatic rings. The summed E-state index contributed by atoms with van der Waals surface area (Å²) in [4.78, 5) is 112. The quantitative estimate of drug-likeness (QED) is 0.0352. The van der Waals surface area contributed by atoms with Crippen LogP contribution in [0.5, 0.6) is 0 Å². The SMILES string of the molecule is CC(=O)N1CCC[C@H]1C(=O)N[C@@H](Cc1cnc[nH]1)C(=O)N[C@@H](CCCN=C(N)N)C(=O)N[C@@H](CCC(=O)O)C(=O)N[C@@H](CC(N)=O)C(=O)O. The molecule has 1 saturated heterocycles. The first-order valence-electron chi connectivity index (χ1n) is 15.3. The van der Waals surface area contributed by atoms with Gasteiger partial charge in [-0.05, 0) is 32.1 Å². The number of primary amides is 1. The first kappa shape index (κ1) is 39.4. The highest BCUT2D eigenvalue weighted by molar-refractivity contribution is 5.96. The van der Waals surface area contributed by atoms with E-state index in [0.29, 0.717) is 25.1 Å². The number of nitrogens with one attached hydrogen (secondary N) is 5. The summed E-state index contributed by atoms with van der Waals surface area (Å²) in [6.07, 6.45) is 1.80. The number of carboxylic acids is 2. The number of guanidine groups is 1. The van der Waals surface area contributed by atoms with Gasteiger partial charge >= 0.3 is 11.9 Å². The first-order valence-corrected chi connectivity index (χ1v) is 15.3. The van der Waals surface area contributed by atoms with Crippen LogP contribution in [-0.4, -0.2) is 122 Å². The smallest absolute Gasteiger partial charge is 0.326 e. The molecule has 2 rings (SSSR count). The molecular weight excluding hydrogens is 650 g/mol. The molecule has 49 heavy (non-hydrogen) atoms. The van der Waals surface area contributed by atoms with Crippen molar-refractivity contribution < 1.29 is 48.6 Å². The molecule has 0 spiro atoms. The second kappa shape index (κ2) is 19.2. The molecule has 21 heteroatoms. The van der Waals surface area contributed by atoms with Crippen molar-refractivity contribution in [2.75, 3.05) is 13.1 Å². The molecule has 0 bridgehead atoms. The summed E-state index contributed by atoms with van der Waals surface area (Å²) in [5.41, 5.74) is 16.3. The Morgan fingerprint density at radius 3 is 2.08 bits per heavy atom. The van der Waals surface area contributed by atoms with Crippen LogP contribution < -0.4 is 38.5 Å². The Morgan fingerprint density at radius 2 is 1.55 bits per heavy atom. The zero-order valence-corrected chi connectivity index (χ0v) is 26.8. The molecule has 0 radical (unpaired) electrons. The molecule has 0 saturated carbocycles. The normalized spacial score (nSPS) is 16.3. The molecule has 1 aromatic heterocycles. The number of carboxylic acid groups (broad SMARTS) is 2. The van der Waals surface area contributed by atoms with E-state index in [4.69, 9.17) is 17.2 Å². The fraction of sp³-hybridized carbons (Fsp3) is 0.571. The number of carbonyl (C=O) groups excluding carboxylic acids is 6. The Balaban J connectivity index is 2.33. The number of aromatic amines is 1. The lowest BCUT2D eigenvalue weighted by molar-refractivity contribution is -0.144. The van der Waals surface area contributed by atoms with Gasteiger partial charge in [0, 0.05) is 44.7 Å². The van der Waals surface area contributed by atoms with Crippen LogP contribution in [0.4, 0.5) is 0 Å². The van der Waals surface area contributed by atoms with Crippen molar-refractivity contribution in [3.8, 4) is 0 Å². The first-order chi connectivity index (χ1) is 23.1. The Hall–Kier alpha value is -5.76. The summed E-state index contributed by atoms with van der Waals surface area (Å²) in [6, 6.07) is -6.87. The third kappa shape index (κ3) is 13.5. The third-order valence-corrected chi connectivity index (χ3v) is 7.45. The largest absolute Gasteiger partial charge is 0.481 e. The maximum Gasteiger partial charge on any atom is 0.326 e. The number of H-pyrrole nitrogens is 1. The maximum absolute atomic E-state index is 13.7. The van der Waals surface area contributed by atoms with Crippen LogP contribution in [0.1, 0.15) is 57.6 Å². The van der Waals surface area contributed by atoms with E-state index in [-0.39, 0.29) is 37.7 Å². The molecule has 1 fully saturated rings. The zero-order chi connectivity index (χ0) is 36.7. The molecular formula is C28H43N11O10. The second-order valence-corrected chi connectivity index (χ2v) is 11.3. The van der Waals surface area contributed by atoms with Gasteiger partial charge < -0.3 is 58.6 Å². The van der Waals surface area contributed by atoms with Gasteiger partial charge in [-0.1, -0.05) is 0 Å². The van der Waals surface area contributed by atoms with Gasteiger partial charge in [0.1, 0.15) is 30.2 Å². The minimum atomic E-state index is -1.77. The van der Waals surface area contributed by atoms with Gasteiger partial charge in [0.2, 0.25) is 35.4 Å². The number of amides is 6. The number of hydrogen-bond acceptors (Lipinski definition) is 10. The molecule has 6 amide bonds. The van der Waals surface area contributed by atoms with Gasteiger partial charge in [0.15, 0.2) is 5.96 Å². The highest BCUT2D eigenvalue weighted by Crippen LogP contribution is 2.18. The topological polar surface area (TPSA) is 347 Å². The fourth-order valence-corrected chi connectivity index (χ4v) is 5.04. The Kier molecular flexibility index (Phi) is 15.4. The predicted molar refractivity (Wildman–Crippen MR) is 169 cm³/mol. The lowest BCUT2D eigenvalue weighted by atomic mass is 10.0. The molecule has 1 aliphatic heterocycles. The molecule has 2 heterocycles. The number of carbonyl (C=O) groups is 8. The number of nitrogens with zero attached hydrogens (tertiary/aromatic N) is 3. The van der Waals surface area contributed by atoms with E-state index < -0.39 is 90.9 Å². The average Bonchev–Trinajstić information content (AvgIpc) is 3.72. The van der Waals surface area contributed by atoms with E-state index in [2.05, 4.69) is 36.2 Å². The summed E-state index contributed by atoms with van der Waals surface area (Å²) in [6.45, 7) is 1.74. The Labute approximate surface area is 280 Å². The highest BCUT2D eigenvalue weighted by atomic mass is 16.4. The summed E-state index contributed by atoms with van der Waals surface area (Å²) in [5, 5.41) is 28.2. The highest BCUT2D eigenvalue weighted by Gasteiger charge is 2.36. The molecule has 0 unspecified atom stereocenters. The monoisotopic (exact) mass is 693 g/mol. The number of aromatic nitrogens is 2. The minimum absolute atomic E-state index is 0.0369. The maximum atomic E-state index is 13.7. The van der Waals surface area contributed by atoms with Gasteiger partial charge in [-0.2, -0.15) is 0 Å². The summed E-state index contributed by atoms with van der Waals surface area (Å²) in [7, 11) is 0. The molecule has 13 N–H and O–H groups in total. The van der Waals surface area contributed by atoms with Crippen LogP contribution in [0.2, 0.25) is 0 Å². The standard InChI is InChI=1S/C28H43N11O10/c1-14(40)39-9-3-5-20(39)26(47)37-18(10-15-12-32-13-34-15)25(46)35-16(4-2-8-33-28(30)31)23(44)36-17(6-7-22(42)43)24(45)38-19(27(48)49)11-21(29)41/h12-13,16-20H,2-11H2,1H3,(H2,29,41)(H,32,34)(H,35,46)(H,36,44)(H,37,47)(H,38,45)(H,42,43)(H,48,49)(H4,30,31,33)/t16-,17-,18-,19-,20-/m0/s1.